The molecule has 0 unspecified atom stereocenters. The number of rotatable bonds is 3. The Kier molecular flexibility index (Phi) is 4.19. The summed E-state index contributed by atoms with van der Waals surface area (Å²) in [6, 6.07) is 15.9. The van der Waals surface area contributed by atoms with Crippen molar-refractivity contribution in [3.63, 3.8) is 0 Å². The lowest BCUT2D eigenvalue weighted by molar-refractivity contribution is 0.0940. The number of nitrogens with one attached hydrogen (secondary N) is 1. The van der Waals surface area contributed by atoms with Gasteiger partial charge in [0.15, 0.2) is 5.65 Å². The van der Waals surface area contributed by atoms with Crippen molar-refractivity contribution < 1.29 is 4.79 Å². The number of benzene rings is 2. The van der Waals surface area contributed by atoms with Crippen LogP contribution in [0.2, 0.25) is 0 Å². The molecular weight excluding hydrogens is 362 g/mol. The van der Waals surface area contributed by atoms with E-state index >= 15 is 0 Å². The molecule has 0 bridgehead atoms. The van der Waals surface area contributed by atoms with Crippen LogP contribution in [0.4, 0.5) is 5.82 Å². The van der Waals surface area contributed by atoms with Crippen molar-refractivity contribution in [3.05, 3.63) is 59.7 Å². The van der Waals surface area contributed by atoms with Crippen LogP contribution in [0.1, 0.15) is 41.6 Å². The van der Waals surface area contributed by atoms with Crippen LogP contribution in [0.25, 0.3) is 27.9 Å². The van der Waals surface area contributed by atoms with E-state index in [2.05, 4.69) is 5.32 Å². The molecule has 1 aliphatic rings. The zero-order valence-electron chi connectivity index (χ0n) is 16.4. The molecule has 6 nitrogen and oxygen atoms in total. The number of hydrogen-bond acceptors (Lipinski definition) is 4. The van der Waals surface area contributed by atoms with Gasteiger partial charge in [-0.25, -0.2) is 9.97 Å². The molecule has 0 aliphatic heterocycles. The molecule has 1 amide bonds. The molecule has 1 saturated carbocycles. The van der Waals surface area contributed by atoms with Gasteiger partial charge < -0.3 is 11.1 Å². The number of nitrogens with zero attached hydrogens (tertiary/aromatic N) is 3. The van der Waals surface area contributed by atoms with Crippen LogP contribution >= 0.6 is 0 Å². The summed E-state index contributed by atoms with van der Waals surface area (Å²) < 4.78 is 1.84. The van der Waals surface area contributed by atoms with Crippen molar-refractivity contribution in [3.8, 4) is 5.69 Å². The summed E-state index contributed by atoms with van der Waals surface area (Å²) in [5.41, 5.74) is 11.6. The Bertz CT molecular complexity index is 1240. The Morgan fingerprint density at radius 3 is 2.52 bits per heavy atom. The van der Waals surface area contributed by atoms with E-state index in [9.17, 15) is 4.79 Å². The number of aromatic nitrogens is 3. The van der Waals surface area contributed by atoms with Crippen LogP contribution in [-0.2, 0) is 0 Å². The average molecular weight is 385 g/mol. The number of fused-ring (bicyclic) bond motifs is 2. The Balaban J connectivity index is 1.76. The van der Waals surface area contributed by atoms with E-state index in [1.165, 1.54) is 0 Å². The summed E-state index contributed by atoms with van der Waals surface area (Å²) >= 11 is 0. The number of para-hydroxylation sites is 2. The number of amides is 1. The standard InChI is InChI=1S/C23H23N5O/c1-14-7-6-10-16(13-14)28-21(24)19(23(29)25-15-8-2-3-9-15)20-22(28)27-18-12-5-4-11-17(18)26-20/h4-7,10-13,15H,2-3,8-9,24H2,1H3,(H,25,29). The van der Waals surface area contributed by atoms with E-state index in [-0.39, 0.29) is 11.9 Å². The number of nitrogen functional groups attached to an aromatic ring is 1. The van der Waals surface area contributed by atoms with Crippen molar-refractivity contribution in [2.45, 2.75) is 38.6 Å². The smallest absolute Gasteiger partial charge is 0.257 e. The average Bonchev–Trinajstić information content (AvgIpc) is 3.31. The molecule has 2 aromatic heterocycles. The van der Waals surface area contributed by atoms with Gasteiger partial charge in [0.25, 0.3) is 5.91 Å². The summed E-state index contributed by atoms with van der Waals surface area (Å²) in [5.74, 6) is 0.201. The first kappa shape index (κ1) is 17.7. The fourth-order valence-electron chi connectivity index (χ4n) is 4.24. The van der Waals surface area contributed by atoms with Gasteiger partial charge in [0.05, 0.1) is 11.0 Å². The number of hydrogen-bond donors (Lipinski definition) is 2. The molecule has 6 heteroatoms. The highest BCUT2D eigenvalue weighted by atomic mass is 16.1. The molecule has 2 aromatic carbocycles. The summed E-state index contributed by atoms with van der Waals surface area (Å²) in [6.07, 6.45) is 4.32. The number of carbonyl (C=O) groups is 1. The fraction of sp³-hybridized carbons (Fsp3) is 0.261. The van der Waals surface area contributed by atoms with Gasteiger partial charge >= 0.3 is 0 Å². The van der Waals surface area contributed by atoms with Crippen LogP contribution in [0.5, 0.6) is 0 Å². The Hall–Kier alpha value is -3.41. The second-order valence-electron chi connectivity index (χ2n) is 7.77. The first-order valence-electron chi connectivity index (χ1n) is 10.1. The zero-order valence-corrected chi connectivity index (χ0v) is 16.4. The maximum absolute atomic E-state index is 13.2. The number of carbonyl (C=O) groups excluding carboxylic acids is 1. The van der Waals surface area contributed by atoms with Crippen molar-refractivity contribution in [2.75, 3.05) is 5.73 Å². The summed E-state index contributed by atoms with van der Waals surface area (Å²) in [5, 5.41) is 3.15. The summed E-state index contributed by atoms with van der Waals surface area (Å²) in [6.45, 7) is 2.03. The fourth-order valence-corrected chi connectivity index (χ4v) is 4.24. The molecule has 2 heterocycles. The van der Waals surface area contributed by atoms with Crippen LogP contribution in [0.15, 0.2) is 48.5 Å². The second-order valence-corrected chi connectivity index (χ2v) is 7.77. The lowest BCUT2D eigenvalue weighted by Gasteiger charge is -2.12. The maximum Gasteiger partial charge on any atom is 0.257 e. The van der Waals surface area contributed by atoms with E-state index in [0.29, 0.717) is 22.5 Å². The molecule has 29 heavy (non-hydrogen) atoms. The van der Waals surface area contributed by atoms with E-state index in [1.54, 1.807) is 0 Å². The minimum atomic E-state index is -0.171. The molecule has 0 saturated heterocycles. The molecule has 1 aliphatic carbocycles. The van der Waals surface area contributed by atoms with E-state index in [4.69, 9.17) is 15.7 Å². The van der Waals surface area contributed by atoms with E-state index < -0.39 is 0 Å². The second kappa shape index (κ2) is 6.88. The number of aryl methyl sites for hydroxylation is 1. The van der Waals surface area contributed by atoms with E-state index in [0.717, 1.165) is 48.0 Å². The van der Waals surface area contributed by atoms with Gasteiger partial charge in [-0.3, -0.25) is 9.36 Å². The van der Waals surface area contributed by atoms with Crippen LogP contribution in [-0.4, -0.2) is 26.5 Å². The van der Waals surface area contributed by atoms with Crippen molar-refractivity contribution in [1.82, 2.24) is 19.9 Å². The Morgan fingerprint density at radius 2 is 1.79 bits per heavy atom. The molecule has 3 N–H and O–H groups in total. The highest BCUT2D eigenvalue weighted by Crippen LogP contribution is 2.31. The molecule has 146 valence electrons. The first-order chi connectivity index (χ1) is 14.1. The van der Waals surface area contributed by atoms with Crippen LogP contribution < -0.4 is 11.1 Å². The summed E-state index contributed by atoms with van der Waals surface area (Å²) in [7, 11) is 0. The molecule has 5 rings (SSSR count). The van der Waals surface area contributed by atoms with Crippen molar-refractivity contribution in [1.29, 1.82) is 0 Å². The van der Waals surface area contributed by atoms with Crippen LogP contribution in [0, 0.1) is 6.92 Å². The Labute approximate surface area is 168 Å². The number of anilines is 1. The highest BCUT2D eigenvalue weighted by Gasteiger charge is 2.27. The molecular formula is C23H23N5O. The lowest BCUT2D eigenvalue weighted by Crippen LogP contribution is -2.33. The van der Waals surface area contributed by atoms with Gasteiger partial charge in [0.1, 0.15) is 16.9 Å². The highest BCUT2D eigenvalue weighted by molar-refractivity contribution is 6.11. The first-order valence-corrected chi connectivity index (χ1v) is 10.1. The third-order valence-electron chi connectivity index (χ3n) is 5.68. The normalized spacial score (nSPS) is 14.7. The predicted molar refractivity (Wildman–Crippen MR) is 115 cm³/mol. The Morgan fingerprint density at radius 1 is 1.07 bits per heavy atom. The topological polar surface area (TPSA) is 85.8 Å². The zero-order chi connectivity index (χ0) is 20.0. The van der Waals surface area contributed by atoms with Gasteiger partial charge in [-0.15, -0.1) is 0 Å². The monoisotopic (exact) mass is 385 g/mol. The minimum absolute atomic E-state index is 0.171. The van der Waals surface area contributed by atoms with Crippen molar-refractivity contribution in [2.24, 2.45) is 0 Å². The van der Waals surface area contributed by atoms with Gasteiger partial charge in [-0.1, -0.05) is 37.1 Å². The quantitative estimate of drug-likeness (QED) is 0.555. The van der Waals surface area contributed by atoms with E-state index in [1.807, 2.05) is 60.0 Å². The SMILES string of the molecule is Cc1cccc(-n2c(N)c(C(=O)NC3CCCC3)c3nc4ccccc4nc32)c1. The number of nitrogens with two attached hydrogens (primary N) is 1. The molecule has 0 spiro atoms. The molecule has 0 radical (unpaired) electrons. The maximum atomic E-state index is 13.2. The molecule has 0 atom stereocenters. The van der Waals surface area contributed by atoms with Gasteiger partial charge in [0, 0.05) is 11.7 Å². The molecule has 4 aromatic rings. The minimum Gasteiger partial charge on any atom is -0.384 e. The molecule has 1 fully saturated rings. The summed E-state index contributed by atoms with van der Waals surface area (Å²) in [4.78, 5) is 22.8. The third-order valence-corrected chi connectivity index (χ3v) is 5.68. The largest absolute Gasteiger partial charge is 0.384 e. The lowest BCUT2D eigenvalue weighted by atomic mass is 10.2. The van der Waals surface area contributed by atoms with Gasteiger partial charge in [-0.2, -0.15) is 0 Å². The van der Waals surface area contributed by atoms with Gasteiger partial charge in [-0.05, 0) is 49.6 Å². The van der Waals surface area contributed by atoms with Crippen LogP contribution in [0.3, 0.4) is 0 Å². The third kappa shape index (κ3) is 3.01. The predicted octanol–water partition coefficient (Wildman–Crippen LogP) is 4.14. The van der Waals surface area contributed by atoms with Gasteiger partial charge in [0.2, 0.25) is 0 Å². The van der Waals surface area contributed by atoms with Crippen molar-refractivity contribution >= 4 is 33.9 Å².